The van der Waals surface area contributed by atoms with Crippen LogP contribution in [0, 0.1) is 0 Å². The molecule has 2 aromatic heterocycles. The van der Waals surface area contributed by atoms with Crippen molar-refractivity contribution in [3.05, 3.63) is 47.8 Å². The normalized spacial score (nSPS) is 18.4. The number of fused-ring (bicyclic) bond motifs is 1. The molecule has 1 saturated heterocycles. The second-order valence-corrected chi connectivity index (χ2v) is 6.31. The van der Waals surface area contributed by atoms with Crippen LogP contribution in [0.15, 0.2) is 34.9 Å². The molecular formula is C17H15F3N4O2. The van der Waals surface area contributed by atoms with Crippen LogP contribution < -0.4 is 0 Å². The van der Waals surface area contributed by atoms with E-state index >= 15 is 0 Å². The number of likely N-dealkylation sites (tertiary alicyclic amines) is 1. The van der Waals surface area contributed by atoms with Gasteiger partial charge in [0.2, 0.25) is 5.89 Å². The molecule has 26 heavy (non-hydrogen) atoms. The number of piperidine rings is 1. The zero-order valence-corrected chi connectivity index (χ0v) is 13.6. The average molecular weight is 364 g/mol. The van der Waals surface area contributed by atoms with Gasteiger partial charge in [-0.1, -0.05) is 6.07 Å². The number of benzene rings is 1. The lowest BCUT2D eigenvalue weighted by molar-refractivity contribution is -0.157. The number of rotatable bonds is 2. The summed E-state index contributed by atoms with van der Waals surface area (Å²) in [5.41, 5.74) is 1.39. The molecule has 1 amide bonds. The maximum Gasteiger partial charge on any atom is 0.470 e. The summed E-state index contributed by atoms with van der Waals surface area (Å²) in [6, 6.07) is 7.29. The summed E-state index contributed by atoms with van der Waals surface area (Å²) >= 11 is 0. The van der Waals surface area contributed by atoms with E-state index < -0.39 is 18.0 Å². The first-order valence-corrected chi connectivity index (χ1v) is 8.19. The van der Waals surface area contributed by atoms with E-state index in [9.17, 15) is 18.0 Å². The van der Waals surface area contributed by atoms with Crippen molar-refractivity contribution in [1.82, 2.24) is 20.1 Å². The minimum Gasteiger partial charge on any atom is -0.417 e. The first-order valence-electron chi connectivity index (χ1n) is 8.19. The summed E-state index contributed by atoms with van der Waals surface area (Å²) < 4.78 is 42.7. The fourth-order valence-electron chi connectivity index (χ4n) is 3.24. The molecule has 1 atom stereocenters. The van der Waals surface area contributed by atoms with Gasteiger partial charge in [0.05, 0.1) is 5.92 Å². The number of nitrogens with one attached hydrogen (secondary N) is 1. The van der Waals surface area contributed by atoms with Gasteiger partial charge in [-0.05, 0) is 36.4 Å². The van der Waals surface area contributed by atoms with Crippen molar-refractivity contribution in [1.29, 1.82) is 0 Å². The summed E-state index contributed by atoms with van der Waals surface area (Å²) in [6.45, 7) is 0.791. The van der Waals surface area contributed by atoms with Crippen LogP contribution in [0.4, 0.5) is 13.2 Å². The molecule has 1 N–H and O–H groups in total. The number of carbonyl (C=O) groups is 1. The predicted molar refractivity (Wildman–Crippen MR) is 85.5 cm³/mol. The summed E-state index contributed by atoms with van der Waals surface area (Å²) in [4.78, 5) is 17.5. The minimum absolute atomic E-state index is 0.0744. The van der Waals surface area contributed by atoms with Crippen molar-refractivity contribution in [2.75, 3.05) is 13.1 Å². The summed E-state index contributed by atoms with van der Waals surface area (Å²) in [7, 11) is 0. The highest BCUT2D eigenvalue weighted by Crippen LogP contribution is 2.32. The van der Waals surface area contributed by atoms with E-state index in [2.05, 4.69) is 15.2 Å². The van der Waals surface area contributed by atoms with Crippen molar-refractivity contribution in [2.45, 2.75) is 24.9 Å². The molecular weight excluding hydrogens is 349 g/mol. The Labute approximate surface area is 146 Å². The molecule has 0 bridgehead atoms. The topological polar surface area (TPSA) is 75.0 Å². The number of aromatic nitrogens is 3. The second kappa shape index (κ2) is 6.15. The Morgan fingerprint density at radius 3 is 2.88 bits per heavy atom. The van der Waals surface area contributed by atoms with Gasteiger partial charge < -0.3 is 14.3 Å². The number of alkyl halides is 3. The average Bonchev–Trinajstić information content (AvgIpc) is 3.29. The number of aromatic amines is 1. The minimum atomic E-state index is -4.67. The predicted octanol–water partition coefficient (Wildman–Crippen LogP) is 3.59. The Morgan fingerprint density at radius 1 is 1.27 bits per heavy atom. The van der Waals surface area contributed by atoms with Crippen molar-refractivity contribution >= 4 is 16.8 Å². The highest BCUT2D eigenvalue weighted by atomic mass is 19.4. The summed E-state index contributed by atoms with van der Waals surface area (Å²) in [5.74, 6) is -1.99. The number of nitrogens with zero attached hydrogens (tertiary/aromatic N) is 3. The van der Waals surface area contributed by atoms with Gasteiger partial charge in [0.15, 0.2) is 0 Å². The third-order valence-corrected chi connectivity index (χ3v) is 4.54. The largest absolute Gasteiger partial charge is 0.470 e. The van der Waals surface area contributed by atoms with Crippen LogP contribution >= 0.6 is 0 Å². The van der Waals surface area contributed by atoms with Gasteiger partial charge in [0.25, 0.3) is 5.91 Å². The first-order chi connectivity index (χ1) is 12.4. The molecule has 136 valence electrons. The van der Waals surface area contributed by atoms with E-state index in [-0.39, 0.29) is 18.3 Å². The molecule has 4 rings (SSSR count). The van der Waals surface area contributed by atoms with Crippen LogP contribution in [0.5, 0.6) is 0 Å². The number of hydrogen-bond acceptors (Lipinski definition) is 4. The standard InChI is InChI=1S/C17H15F3N4O2/c18-17(19,20)16-23-22-14(26-16)12-2-1-7-24(9-12)15(25)11-4-3-10-5-6-21-13(10)8-11/h3-6,8,12,21H,1-2,7,9H2. The Morgan fingerprint density at radius 2 is 2.12 bits per heavy atom. The molecule has 3 heterocycles. The Bertz CT molecular complexity index is 947. The lowest BCUT2D eigenvalue weighted by Crippen LogP contribution is -2.39. The Hall–Kier alpha value is -2.84. The zero-order chi connectivity index (χ0) is 18.3. The van der Waals surface area contributed by atoms with Crippen LogP contribution in [0.2, 0.25) is 0 Å². The fourth-order valence-corrected chi connectivity index (χ4v) is 3.24. The molecule has 1 aliphatic heterocycles. The van der Waals surface area contributed by atoms with E-state index in [0.717, 1.165) is 10.9 Å². The molecule has 1 fully saturated rings. The second-order valence-electron chi connectivity index (χ2n) is 6.31. The van der Waals surface area contributed by atoms with E-state index in [4.69, 9.17) is 4.42 Å². The van der Waals surface area contributed by atoms with Crippen LogP contribution in [0.1, 0.15) is 40.9 Å². The molecule has 3 aromatic rings. The SMILES string of the molecule is O=C(c1ccc2cc[nH]c2c1)N1CCCC(c2nnc(C(F)(F)F)o2)C1. The van der Waals surface area contributed by atoms with Gasteiger partial charge >= 0.3 is 12.1 Å². The van der Waals surface area contributed by atoms with Gasteiger partial charge in [-0.15, -0.1) is 10.2 Å². The lowest BCUT2D eigenvalue weighted by atomic mass is 9.97. The number of H-pyrrole nitrogens is 1. The maximum atomic E-state index is 12.8. The van der Waals surface area contributed by atoms with Crippen LogP contribution in [0.3, 0.4) is 0 Å². The molecule has 1 aromatic carbocycles. The first kappa shape index (κ1) is 16.6. The molecule has 1 unspecified atom stereocenters. The summed E-state index contributed by atoms with van der Waals surface area (Å²) in [5, 5.41) is 7.60. The number of carbonyl (C=O) groups excluding carboxylic acids is 1. The maximum absolute atomic E-state index is 12.8. The van der Waals surface area contributed by atoms with E-state index in [0.29, 0.717) is 24.9 Å². The number of halogens is 3. The molecule has 0 saturated carbocycles. The Kier molecular flexibility index (Phi) is 3.93. The monoisotopic (exact) mass is 364 g/mol. The van der Waals surface area contributed by atoms with Gasteiger partial charge in [-0.3, -0.25) is 4.79 Å². The highest BCUT2D eigenvalue weighted by molar-refractivity contribution is 5.98. The molecule has 0 aliphatic carbocycles. The number of amides is 1. The van der Waals surface area contributed by atoms with Crippen LogP contribution in [-0.2, 0) is 6.18 Å². The van der Waals surface area contributed by atoms with E-state index in [1.54, 1.807) is 23.2 Å². The summed E-state index contributed by atoms with van der Waals surface area (Å²) in [6.07, 6.45) is -1.62. The highest BCUT2D eigenvalue weighted by Gasteiger charge is 2.39. The van der Waals surface area contributed by atoms with Gasteiger partial charge in [-0.2, -0.15) is 13.2 Å². The van der Waals surface area contributed by atoms with Gasteiger partial charge in [0.1, 0.15) is 0 Å². The smallest absolute Gasteiger partial charge is 0.417 e. The quantitative estimate of drug-likeness (QED) is 0.754. The van der Waals surface area contributed by atoms with E-state index in [1.807, 2.05) is 12.1 Å². The molecule has 9 heteroatoms. The molecule has 0 spiro atoms. The molecule has 0 radical (unpaired) electrons. The van der Waals surface area contributed by atoms with Gasteiger partial charge in [0, 0.05) is 30.4 Å². The molecule has 6 nitrogen and oxygen atoms in total. The van der Waals surface area contributed by atoms with Crippen molar-refractivity contribution < 1.29 is 22.4 Å². The van der Waals surface area contributed by atoms with Crippen molar-refractivity contribution in [2.24, 2.45) is 0 Å². The third-order valence-electron chi connectivity index (χ3n) is 4.54. The van der Waals surface area contributed by atoms with Crippen molar-refractivity contribution in [3.63, 3.8) is 0 Å². The lowest BCUT2D eigenvalue weighted by Gasteiger charge is -2.31. The van der Waals surface area contributed by atoms with E-state index in [1.165, 1.54) is 0 Å². The molecule has 1 aliphatic rings. The van der Waals surface area contributed by atoms with Gasteiger partial charge in [-0.25, -0.2) is 0 Å². The zero-order valence-electron chi connectivity index (χ0n) is 13.6. The van der Waals surface area contributed by atoms with Crippen LogP contribution in [0.25, 0.3) is 10.9 Å². The van der Waals surface area contributed by atoms with Crippen molar-refractivity contribution in [3.8, 4) is 0 Å². The fraction of sp³-hybridized carbons (Fsp3) is 0.353. The Balaban J connectivity index is 1.52. The number of hydrogen-bond donors (Lipinski definition) is 1. The van der Waals surface area contributed by atoms with Crippen LogP contribution in [-0.4, -0.2) is 39.1 Å². The third kappa shape index (κ3) is 3.04.